The summed E-state index contributed by atoms with van der Waals surface area (Å²) in [5, 5.41) is 6.38. The average Bonchev–Trinajstić information content (AvgIpc) is 2.69. The zero-order valence-corrected chi connectivity index (χ0v) is 15.5. The molecule has 3 aromatic rings. The third-order valence-corrected chi connectivity index (χ3v) is 4.32. The summed E-state index contributed by atoms with van der Waals surface area (Å²) < 4.78 is 40.1. The first kappa shape index (κ1) is 20.3. The van der Waals surface area contributed by atoms with Crippen LogP contribution < -0.4 is 10.9 Å². The molecule has 0 atom stereocenters. The molecule has 0 aliphatic carbocycles. The van der Waals surface area contributed by atoms with Gasteiger partial charge in [-0.2, -0.15) is 18.3 Å². The van der Waals surface area contributed by atoms with Crippen LogP contribution >= 0.6 is 0 Å². The predicted octanol–water partition coefficient (Wildman–Crippen LogP) is 4.13. The Morgan fingerprint density at radius 1 is 1.03 bits per heavy atom. The van der Waals surface area contributed by atoms with E-state index < -0.39 is 29.8 Å². The Bertz CT molecular complexity index is 1070. The molecule has 1 heterocycles. The van der Waals surface area contributed by atoms with Crippen LogP contribution in [0.3, 0.4) is 0 Å². The number of hydrogen-bond donors (Lipinski definition) is 1. The van der Waals surface area contributed by atoms with Crippen molar-refractivity contribution in [1.82, 2.24) is 9.78 Å². The first-order valence-electron chi connectivity index (χ1n) is 8.91. The van der Waals surface area contributed by atoms with Gasteiger partial charge in [0.05, 0.1) is 16.9 Å². The van der Waals surface area contributed by atoms with Gasteiger partial charge in [0, 0.05) is 11.6 Å². The Hall–Kier alpha value is -3.42. The van der Waals surface area contributed by atoms with Crippen molar-refractivity contribution in [3.63, 3.8) is 0 Å². The summed E-state index contributed by atoms with van der Waals surface area (Å²) in [7, 11) is 0. The molecule has 0 spiro atoms. The first-order valence-corrected chi connectivity index (χ1v) is 8.91. The molecule has 2 aromatic carbocycles. The maximum absolute atomic E-state index is 13.1. The molecule has 0 saturated carbocycles. The highest BCUT2D eigenvalue weighted by Crippen LogP contribution is 2.34. The molecule has 1 N–H and O–H groups in total. The fourth-order valence-corrected chi connectivity index (χ4v) is 2.79. The highest BCUT2D eigenvalue weighted by Gasteiger charge is 2.33. The molecule has 5 nitrogen and oxygen atoms in total. The molecule has 0 aliphatic heterocycles. The number of alkyl halides is 3. The molecular weight excluding hydrogens is 383 g/mol. The summed E-state index contributed by atoms with van der Waals surface area (Å²) in [6.07, 6.45) is -3.73. The lowest BCUT2D eigenvalue weighted by Gasteiger charge is -2.14. The molecule has 0 radical (unpaired) electrons. The topological polar surface area (TPSA) is 64.0 Å². The van der Waals surface area contributed by atoms with E-state index in [-0.39, 0.29) is 5.69 Å². The van der Waals surface area contributed by atoms with Crippen molar-refractivity contribution in [2.75, 3.05) is 5.32 Å². The van der Waals surface area contributed by atoms with Gasteiger partial charge in [0.25, 0.3) is 5.56 Å². The number of carbonyl (C=O) groups is 1. The number of rotatable bonds is 5. The molecule has 1 amide bonds. The van der Waals surface area contributed by atoms with Crippen molar-refractivity contribution in [2.45, 2.75) is 26.1 Å². The summed E-state index contributed by atoms with van der Waals surface area (Å²) in [5.41, 5.74) is 0.528. The zero-order chi connectivity index (χ0) is 21.0. The third-order valence-electron chi connectivity index (χ3n) is 4.32. The minimum atomic E-state index is -4.61. The number of aromatic nitrogens is 2. The fraction of sp³-hybridized carbons (Fsp3) is 0.190. The van der Waals surface area contributed by atoms with Gasteiger partial charge in [-0.15, -0.1) is 0 Å². The van der Waals surface area contributed by atoms with Gasteiger partial charge in [-0.1, -0.05) is 43.3 Å². The number of halogens is 3. The van der Waals surface area contributed by atoms with Gasteiger partial charge in [0.15, 0.2) is 0 Å². The normalized spacial score (nSPS) is 11.3. The number of nitrogens with one attached hydrogen (secondary N) is 1. The van der Waals surface area contributed by atoms with Crippen molar-refractivity contribution in [3.05, 3.63) is 82.1 Å². The number of benzene rings is 2. The minimum Gasteiger partial charge on any atom is -0.324 e. The third kappa shape index (κ3) is 4.90. The predicted molar refractivity (Wildman–Crippen MR) is 103 cm³/mol. The van der Waals surface area contributed by atoms with E-state index in [2.05, 4.69) is 10.4 Å². The Labute approximate surface area is 164 Å². The summed E-state index contributed by atoms with van der Waals surface area (Å²) in [6, 6.07) is 15.0. The quantitative estimate of drug-likeness (QED) is 0.699. The van der Waals surface area contributed by atoms with Crippen LogP contribution in [0.4, 0.5) is 18.9 Å². The number of aryl methyl sites for hydroxylation is 1. The van der Waals surface area contributed by atoms with Gasteiger partial charge in [-0.3, -0.25) is 9.59 Å². The lowest BCUT2D eigenvalue weighted by molar-refractivity contribution is -0.137. The summed E-state index contributed by atoms with van der Waals surface area (Å²) in [6.45, 7) is 1.52. The van der Waals surface area contributed by atoms with Crippen LogP contribution in [0.2, 0.25) is 0 Å². The maximum atomic E-state index is 13.1. The molecule has 0 bridgehead atoms. The number of hydrogen-bond acceptors (Lipinski definition) is 3. The standard InChI is InChI=1S/C21H18F3N3O2/c1-2-14-7-9-15(10-8-14)17-11-12-20(29)27(26-17)13-19(28)25-18-6-4-3-5-16(18)21(22,23)24/h3-12H,2,13H2,1H3,(H,25,28). The smallest absolute Gasteiger partial charge is 0.324 e. The van der Waals surface area contributed by atoms with Crippen molar-refractivity contribution >= 4 is 11.6 Å². The molecule has 0 aliphatic rings. The summed E-state index contributed by atoms with van der Waals surface area (Å²) in [5.74, 6) is -0.783. The van der Waals surface area contributed by atoms with Crippen LogP contribution in [0.1, 0.15) is 18.1 Å². The molecule has 0 saturated heterocycles. The van der Waals surface area contributed by atoms with Crippen LogP contribution in [0.15, 0.2) is 65.5 Å². The Morgan fingerprint density at radius 2 is 1.72 bits per heavy atom. The fourth-order valence-electron chi connectivity index (χ4n) is 2.79. The molecule has 3 rings (SSSR count). The molecule has 0 fully saturated rings. The number of para-hydroxylation sites is 1. The van der Waals surface area contributed by atoms with Gasteiger partial charge < -0.3 is 5.32 Å². The Kier molecular flexibility index (Phi) is 5.81. The van der Waals surface area contributed by atoms with E-state index in [1.54, 1.807) is 0 Å². The average molecular weight is 401 g/mol. The SMILES string of the molecule is CCc1ccc(-c2ccc(=O)n(CC(=O)Nc3ccccc3C(F)(F)F)n2)cc1. The van der Waals surface area contributed by atoms with Crippen LogP contribution in [0.5, 0.6) is 0 Å². The van der Waals surface area contributed by atoms with Crippen LogP contribution in [-0.4, -0.2) is 15.7 Å². The minimum absolute atomic E-state index is 0.371. The first-order chi connectivity index (χ1) is 13.8. The van der Waals surface area contributed by atoms with Gasteiger partial charge in [-0.25, -0.2) is 4.68 Å². The maximum Gasteiger partial charge on any atom is 0.418 e. The summed E-state index contributed by atoms with van der Waals surface area (Å²) >= 11 is 0. The monoisotopic (exact) mass is 401 g/mol. The van der Waals surface area contributed by atoms with Gasteiger partial charge in [0.1, 0.15) is 6.54 Å². The van der Waals surface area contributed by atoms with Crippen molar-refractivity contribution < 1.29 is 18.0 Å². The van der Waals surface area contributed by atoms with E-state index in [4.69, 9.17) is 0 Å². The largest absolute Gasteiger partial charge is 0.418 e. The number of amides is 1. The molecule has 150 valence electrons. The second-order valence-electron chi connectivity index (χ2n) is 6.36. The van der Waals surface area contributed by atoms with Gasteiger partial charge in [0.2, 0.25) is 5.91 Å². The highest BCUT2D eigenvalue weighted by atomic mass is 19.4. The number of anilines is 1. The van der Waals surface area contributed by atoms with E-state index in [9.17, 15) is 22.8 Å². The van der Waals surface area contributed by atoms with Crippen LogP contribution in [0, 0.1) is 0 Å². The van der Waals surface area contributed by atoms with Gasteiger partial charge in [-0.05, 0) is 30.2 Å². The lowest BCUT2D eigenvalue weighted by atomic mass is 10.1. The van der Waals surface area contributed by atoms with Crippen molar-refractivity contribution in [2.24, 2.45) is 0 Å². The lowest BCUT2D eigenvalue weighted by Crippen LogP contribution is -2.29. The van der Waals surface area contributed by atoms with Crippen LogP contribution in [0.25, 0.3) is 11.3 Å². The van der Waals surface area contributed by atoms with E-state index >= 15 is 0 Å². The van der Waals surface area contributed by atoms with E-state index in [1.807, 2.05) is 31.2 Å². The second kappa shape index (κ2) is 8.30. The molecule has 1 aromatic heterocycles. The highest BCUT2D eigenvalue weighted by molar-refractivity contribution is 5.91. The van der Waals surface area contributed by atoms with Gasteiger partial charge >= 0.3 is 6.18 Å². The number of carbonyl (C=O) groups excluding carboxylic acids is 1. The molecular formula is C21H18F3N3O2. The molecule has 29 heavy (non-hydrogen) atoms. The van der Waals surface area contributed by atoms with E-state index in [0.717, 1.165) is 34.4 Å². The van der Waals surface area contributed by atoms with Crippen molar-refractivity contribution in [1.29, 1.82) is 0 Å². The zero-order valence-electron chi connectivity index (χ0n) is 15.5. The van der Waals surface area contributed by atoms with Crippen LogP contribution in [-0.2, 0) is 23.9 Å². The molecule has 0 unspecified atom stereocenters. The van der Waals surface area contributed by atoms with Crippen molar-refractivity contribution in [3.8, 4) is 11.3 Å². The second-order valence-corrected chi connectivity index (χ2v) is 6.36. The Morgan fingerprint density at radius 3 is 2.38 bits per heavy atom. The number of nitrogens with zero attached hydrogens (tertiary/aromatic N) is 2. The van der Waals surface area contributed by atoms with E-state index in [0.29, 0.717) is 5.69 Å². The Balaban J connectivity index is 1.81. The summed E-state index contributed by atoms with van der Waals surface area (Å²) in [4.78, 5) is 24.3. The molecule has 8 heteroatoms. The van der Waals surface area contributed by atoms with E-state index in [1.165, 1.54) is 24.3 Å².